The zero-order chi connectivity index (χ0) is 21.5. The maximum absolute atomic E-state index is 12.8. The first-order chi connectivity index (χ1) is 13.3. The molecule has 1 saturated heterocycles. The van der Waals surface area contributed by atoms with E-state index >= 15 is 0 Å². The normalized spacial score (nSPS) is 22.7. The van der Waals surface area contributed by atoms with Gasteiger partial charge in [-0.3, -0.25) is 19.7 Å². The Morgan fingerprint density at radius 3 is 1.61 bits per heavy atom. The fraction of sp³-hybridized carbons (Fsp3) is 0.706. The van der Waals surface area contributed by atoms with Crippen LogP contribution in [0.1, 0.15) is 20.8 Å². The molecule has 1 aliphatic heterocycles. The molecule has 1 fully saturated rings. The first-order valence-corrected chi connectivity index (χ1v) is 8.71. The Kier molecular flexibility index (Phi) is 8.35. The lowest BCUT2D eigenvalue weighted by atomic mass is 9.78. The van der Waals surface area contributed by atoms with Gasteiger partial charge in [0, 0.05) is 0 Å². The summed E-state index contributed by atoms with van der Waals surface area (Å²) in [6.07, 6.45) is 0. The number of carbonyl (C=O) groups excluding carboxylic acids is 5. The van der Waals surface area contributed by atoms with Gasteiger partial charge in [-0.1, -0.05) is 0 Å². The molecular formula is C17H25NO10. The fourth-order valence-corrected chi connectivity index (χ4v) is 3.13. The van der Waals surface area contributed by atoms with Crippen molar-refractivity contribution in [3.8, 4) is 0 Å². The minimum atomic E-state index is -2.49. The van der Waals surface area contributed by atoms with Gasteiger partial charge in [0.2, 0.25) is 5.54 Å². The van der Waals surface area contributed by atoms with Crippen LogP contribution in [0, 0.1) is 11.8 Å². The first kappa shape index (κ1) is 23.3. The van der Waals surface area contributed by atoms with Crippen molar-refractivity contribution in [1.82, 2.24) is 5.32 Å². The molecule has 0 aromatic heterocycles. The Morgan fingerprint density at radius 1 is 0.750 bits per heavy atom. The van der Waals surface area contributed by atoms with Gasteiger partial charge in [-0.2, -0.15) is 0 Å². The largest absolute Gasteiger partial charge is 0.469 e. The molecule has 0 aliphatic carbocycles. The molecule has 1 aliphatic rings. The molecule has 11 heteroatoms. The predicted molar refractivity (Wildman–Crippen MR) is 90.6 cm³/mol. The molecule has 1 N–H and O–H groups in total. The minimum absolute atomic E-state index is 0.0421. The lowest BCUT2D eigenvalue weighted by Crippen LogP contribution is -2.63. The average molecular weight is 403 g/mol. The summed E-state index contributed by atoms with van der Waals surface area (Å²) in [4.78, 5) is 63.0. The highest BCUT2D eigenvalue weighted by Gasteiger charge is 2.71. The van der Waals surface area contributed by atoms with E-state index in [-0.39, 0.29) is 19.8 Å². The highest BCUT2D eigenvalue weighted by Crippen LogP contribution is 2.40. The van der Waals surface area contributed by atoms with E-state index in [2.05, 4.69) is 5.32 Å². The van der Waals surface area contributed by atoms with E-state index in [4.69, 9.17) is 23.7 Å². The van der Waals surface area contributed by atoms with Gasteiger partial charge in [-0.05, 0) is 20.8 Å². The van der Waals surface area contributed by atoms with E-state index < -0.39 is 53.3 Å². The van der Waals surface area contributed by atoms with E-state index in [0.29, 0.717) is 0 Å². The Hall–Kier alpha value is -2.69. The van der Waals surface area contributed by atoms with Crippen LogP contribution >= 0.6 is 0 Å². The van der Waals surface area contributed by atoms with Crippen molar-refractivity contribution >= 4 is 29.8 Å². The van der Waals surface area contributed by atoms with Gasteiger partial charge < -0.3 is 23.7 Å². The Morgan fingerprint density at radius 2 is 1.21 bits per heavy atom. The Bertz CT molecular complexity index is 613. The Balaban J connectivity index is 3.70. The molecule has 158 valence electrons. The molecular weight excluding hydrogens is 378 g/mol. The topological polar surface area (TPSA) is 144 Å². The van der Waals surface area contributed by atoms with Crippen molar-refractivity contribution in [3.63, 3.8) is 0 Å². The third-order valence-corrected chi connectivity index (χ3v) is 4.23. The maximum Gasteiger partial charge on any atom is 0.339 e. The summed E-state index contributed by atoms with van der Waals surface area (Å²) in [5.41, 5.74) is -2.49. The van der Waals surface area contributed by atoms with Gasteiger partial charge in [-0.25, -0.2) is 9.59 Å². The average Bonchev–Trinajstić information content (AvgIpc) is 3.04. The lowest BCUT2D eigenvalue weighted by Gasteiger charge is -2.30. The molecule has 0 saturated carbocycles. The second-order valence-electron chi connectivity index (χ2n) is 5.67. The van der Waals surface area contributed by atoms with Crippen LogP contribution in [0.4, 0.5) is 0 Å². The number of nitrogens with one attached hydrogen (secondary N) is 1. The summed E-state index contributed by atoms with van der Waals surface area (Å²) in [5, 5.41) is 2.46. The maximum atomic E-state index is 12.8. The highest BCUT2D eigenvalue weighted by molar-refractivity contribution is 6.12. The molecule has 1 rings (SSSR count). The van der Waals surface area contributed by atoms with E-state index in [9.17, 15) is 24.0 Å². The second-order valence-corrected chi connectivity index (χ2v) is 5.67. The summed E-state index contributed by atoms with van der Waals surface area (Å²) < 4.78 is 24.2. The number of hydrogen-bond donors (Lipinski definition) is 1. The zero-order valence-electron chi connectivity index (χ0n) is 16.4. The fourth-order valence-electron chi connectivity index (χ4n) is 3.13. The van der Waals surface area contributed by atoms with Gasteiger partial charge >= 0.3 is 29.8 Å². The molecule has 28 heavy (non-hydrogen) atoms. The number of ether oxygens (including phenoxy) is 5. The van der Waals surface area contributed by atoms with Crippen molar-refractivity contribution in [2.45, 2.75) is 32.4 Å². The summed E-state index contributed by atoms with van der Waals surface area (Å²) >= 11 is 0. The molecule has 0 bridgehead atoms. The lowest BCUT2D eigenvalue weighted by molar-refractivity contribution is -0.175. The summed E-state index contributed by atoms with van der Waals surface area (Å²) in [6.45, 7) is 4.19. The van der Waals surface area contributed by atoms with E-state index in [1.165, 1.54) is 20.8 Å². The van der Waals surface area contributed by atoms with Crippen LogP contribution in [0.15, 0.2) is 0 Å². The number of esters is 5. The molecule has 0 aromatic rings. The quantitative estimate of drug-likeness (QED) is 0.302. The molecule has 0 spiro atoms. The van der Waals surface area contributed by atoms with Gasteiger partial charge in [0.25, 0.3) is 0 Å². The van der Waals surface area contributed by atoms with Crippen LogP contribution in [-0.4, -0.2) is 75.5 Å². The van der Waals surface area contributed by atoms with Crippen LogP contribution in [0.5, 0.6) is 0 Å². The number of carbonyl (C=O) groups is 5. The standard InChI is InChI=1S/C17H25NO10/c1-6-26-14(21)11-9(12(19)24-4)10(13(20)25-5)17(18-11,15(22)27-7-2)16(23)28-8-3/h9-11,18H,6-8H2,1-5H3/t9-,10+,11+/m0/s1. The van der Waals surface area contributed by atoms with Crippen LogP contribution in [0.2, 0.25) is 0 Å². The van der Waals surface area contributed by atoms with E-state index in [1.54, 1.807) is 0 Å². The number of rotatable bonds is 8. The Labute approximate surface area is 161 Å². The highest BCUT2D eigenvalue weighted by atomic mass is 16.6. The SMILES string of the molecule is CCOC(=O)[C@@H]1NC(C(=O)OCC)(C(=O)OCC)[C@@H](C(=O)OC)[C@@H]1C(=O)OC. The monoisotopic (exact) mass is 403 g/mol. The molecule has 0 aromatic carbocycles. The summed E-state index contributed by atoms with van der Waals surface area (Å²) in [7, 11) is 2.04. The van der Waals surface area contributed by atoms with Gasteiger partial charge in [0.1, 0.15) is 12.0 Å². The van der Waals surface area contributed by atoms with Crippen molar-refractivity contribution in [2.24, 2.45) is 11.8 Å². The van der Waals surface area contributed by atoms with Crippen LogP contribution in [-0.2, 0) is 47.7 Å². The summed E-state index contributed by atoms with van der Waals surface area (Å²) in [5.74, 6) is -8.83. The zero-order valence-corrected chi connectivity index (χ0v) is 16.4. The van der Waals surface area contributed by atoms with Crippen LogP contribution in [0.25, 0.3) is 0 Å². The smallest absolute Gasteiger partial charge is 0.339 e. The first-order valence-electron chi connectivity index (χ1n) is 8.71. The predicted octanol–water partition coefficient (Wildman–Crippen LogP) is -1.04. The van der Waals surface area contributed by atoms with Crippen molar-refractivity contribution in [1.29, 1.82) is 0 Å². The molecule has 1 heterocycles. The van der Waals surface area contributed by atoms with Crippen molar-refractivity contribution < 1.29 is 47.7 Å². The van der Waals surface area contributed by atoms with E-state index in [1.807, 2.05) is 0 Å². The number of hydrogen-bond acceptors (Lipinski definition) is 11. The van der Waals surface area contributed by atoms with Gasteiger partial charge in [-0.15, -0.1) is 0 Å². The molecule has 0 unspecified atom stereocenters. The van der Waals surface area contributed by atoms with Crippen LogP contribution < -0.4 is 5.32 Å². The number of methoxy groups -OCH3 is 2. The molecule has 0 amide bonds. The molecule has 11 nitrogen and oxygen atoms in total. The molecule has 0 radical (unpaired) electrons. The van der Waals surface area contributed by atoms with Crippen LogP contribution in [0.3, 0.4) is 0 Å². The van der Waals surface area contributed by atoms with E-state index in [0.717, 1.165) is 14.2 Å². The third-order valence-electron chi connectivity index (χ3n) is 4.23. The van der Waals surface area contributed by atoms with Gasteiger partial charge in [0.05, 0.1) is 40.0 Å². The van der Waals surface area contributed by atoms with Crippen molar-refractivity contribution in [2.75, 3.05) is 34.0 Å². The van der Waals surface area contributed by atoms with Crippen molar-refractivity contribution in [3.05, 3.63) is 0 Å². The van der Waals surface area contributed by atoms with Gasteiger partial charge in [0.15, 0.2) is 0 Å². The summed E-state index contributed by atoms with van der Waals surface area (Å²) in [6, 6.07) is -1.55. The molecule has 3 atom stereocenters. The minimum Gasteiger partial charge on any atom is -0.469 e. The second kappa shape index (κ2) is 10.0. The third kappa shape index (κ3) is 4.08.